The second-order valence-electron chi connectivity index (χ2n) is 7.47. The van der Waals surface area contributed by atoms with E-state index in [9.17, 15) is 4.79 Å². The second-order valence-corrected chi connectivity index (χ2v) is 7.47. The van der Waals surface area contributed by atoms with E-state index in [0.717, 1.165) is 19.6 Å². The van der Waals surface area contributed by atoms with E-state index in [1.54, 1.807) is 5.56 Å². The van der Waals surface area contributed by atoms with Crippen LogP contribution in [0.15, 0.2) is 48.5 Å². The fraction of sp³-hybridized carbons (Fsp3) is 0.409. The minimum absolute atomic E-state index is 0.367. The molecule has 1 fully saturated rings. The summed E-state index contributed by atoms with van der Waals surface area (Å²) in [6, 6.07) is 17.2. The summed E-state index contributed by atoms with van der Waals surface area (Å²) in [6.45, 7) is 3.02. The molecule has 0 spiro atoms. The van der Waals surface area contributed by atoms with E-state index in [4.69, 9.17) is 5.73 Å². The molecule has 2 aliphatic rings. The normalized spacial score (nSPS) is 22.2. The number of nitrogens with two attached hydrogens (primary N) is 1. The Kier molecular flexibility index (Phi) is 4.93. The summed E-state index contributed by atoms with van der Waals surface area (Å²) >= 11 is 0. The first-order valence-corrected chi connectivity index (χ1v) is 9.67. The molecule has 1 aliphatic carbocycles. The van der Waals surface area contributed by atoms with Crippen LogP contribution in [0, 0.1) is 0 Å². The first kappa shape index (κ1) is 17.1. The predicted molar refractivity (Wildman–Crippen MR) is 106 cm³/mol. The highest BCUT2D eigenvalue weighted by Crippen LogP contribution is 2.37. The summed E-state index contributed by atoms with van der Waals surface area (Å²) in [5.74, 6) is 0.334. The number of fused-ring (bicyclic) bond motifs is 1. The third-order valence-corrected chi connectivity index (χ3v) is 5.94. The van der Waals surface area contributed by atoms with E-state index in [-0.39, 0.29) is 5.91 Å². The average molecular weight is 349 g/mol. The van der Waals surface area contributed by atoms with Crippen molar-refractivity contribution < 1.29 is 4.79 Å². The molecule has 2 atom stereocenters. The van der Waals surface area contributed by atoms with Gasteiger partial charge in [-0.15, -0.1) is 0 Å². The molecule has 0 saturated carbocycles. The monoisotopic (exact) mass is 349 g/mol. The van der Waals surface area contributed by atoms with Crippen molar-refractivity contribution in [2.24, 2.45) is 5.73 Å². The number of carbonyl (C=O) groups is 1. The van der Waals surface area contributed by atoms with Gasteiger partial charge in [-0.25, -0.2) is 0 Å². The maximum absolute atomic E-state index is 11.3. The van der Waals surface area contributed by atoms with Gasteiger partial charge in [0.1, 0.15) is 0 Å². The molecule has 1 aliphatic heterocycles. The van der Waals surface area contributed by atoms with Gasteiger partial charge in [-0.1, -0.05) is 24.3 Å². The van der Waals surface area contributed by atoms with Gasteiger partial charge in [0.05, 0.1) is 0 Å². The predicted octanol–water partition coefficient (Wildman–Crippen LogP) is 3.07. The Bertz CT molecular complexity index is 771. The van der Waals surface area contributed by atoms with Gasteiger partial charge in [0.25, 0.3) is 0 Å². The van der Waals surface area contributed by atoms with Crippen molar-refractivity contribution in [3.8, 4) is 0 Å². The minimum atomic E-state index is -0.367. The van der Waals surface area contributed by atoms with Crippen LogP contribution in [0.2, 0.25) is 0 Å². The number of amides is 1. The zero-order valence-electron chi connectivity index (χ0n) is 15.2. The number of carbonyl (C=O) groups excluding carboxylic acids is 1. The number of hydrogen-bond donors (Lipinski definition) is 2. The average Bonchev–Trinajstić information content (AvgIpc) is 3.10. The summed E-state index contributed by atoms with van der Waals surface area (Å²) in [5, 5.41) is 3.54. The third-order valence-electron chi connectivity index (χ3n) is 5.94. The van der Waals surface area contributed by atoms with Crippen LogP contribution < -0.4 is 16.0 Å². The lowest BCUT2D eigenvalue weighted by Gasteiger charge is -2.38. The van der Waals surface area contributed by atoms with Gasteiger partial charge in [0.15, 0.2) is 0 Å². The van der Waals surface area contributed by atoms with Gasteiger partial charge < -0.3 is 16.0 Å². The Balaban J connectivity index is 1.44. The van der Waals surface area contributed by atoms with Crippen LogP contribution in [0.1, 0.15) is 46.7 Å². The number of nitrogens with one attached hydrogen (secondary N) is 1. The number of hydrogen-bond acceptors (Lipinski definition) is 3. The number of piperazine rings is 1. The van der Waals surface area contributed by atoms with E-state index >= 15 is 0 Å². The molecule has 1 heterocycles. The number of aryl methyl sites for hydroxylation is 1. The number of anilines is 1. The second kappa shape index (κ2) is 7.50. The Hall–Kier alpha value is -2.33. The van der Waals surface area contributed by atoms with Crippen LogP contribution in [0.25, 0.3) is 0 Å². The number of benzene rings is 2. The number of nitrogens with zero attached hydrogens (tertiary/aromatic N) is 1. The lowest BCUT2D eigenvalue weighted by Crippen LogP contribution is -2.51. The van der Waals surface area contributed by atoms with Crippen LogP contribution in [-0.2, 0) is 6.42 Å². The first-order chi connectivity index (χ1) is 12.7. The van der Waals surface area contributed by atoms with Crippen molar-refractivity contribution in [1.29, 1.82) is 0 Å². The Morgan fingerprint density at radius 1 is 1.12 bits per heavy atom. The van der Waals surface area contributed by atoms with Crippen LogP contribution in [0.5, 0.6) is 0 Å². The van der Waals surface area contributed by atoms with Gasteiger partial charge in [-0.2, -0.15) is 0 Å². The molecule has 0 bridgehead atoms. The standard InChI is InChI=1S/C22H27N3O/c23-22(26)18-8-10-19(11-9-18)25-14-13-24-15-20(25)12-7-17-6-5-16-3-1-2-4-21(16)17/h1-4,8-11,17,20,24H,5-7,12-15H2,(H2,23,26). The van der Waals surface area contributed by atoms with E-state index in [1.165, 1.54) is 36.9 Å². The van der Waals surface area contributed by atoms with Crippen molar-refractivity contribution in [1.82, 2.24) is 5.32 Å². The summed E-state index contributed by atoms with van der Waals surface area (Å²) in [4.78, 5) is 13.8. The molecule has 136 valence electrons. The number of rotatable bonds is 5. The van der Waals surface area contributed by atoms with Crippen LogP contribution in [-0.4, -0.2) is 31.6 Å². The molecule has 1 amide bonds. The van der Waals surface area contributed by atoms with Crippen molar-refractivity contribution in [2.75, 3.05) is 24.5 Å². The van der Waals surface area contributed by atoms with E-state index in [1.807, 2.05) is 24.3 Å². The van der Waals surface area contributed by atoms with E-state index < -0.39 is 0 Å². The molecular weight excluding hydrogens is 322 g/mol. The molecule has 0 aromatic heterocycles. The lowest BCUT2D eigenvalue weighted by atomic mass is 9.93. The van der Waals surface area contributed by atoms with E-state index in [0.29, 0.717) is 17.5 Å². The maximum Gasteiger partial charge on any atom is 0.248 e. The molecule has 0 radical (unpaired) electrons. The van der Waals surface area contributed by atoms with Gasteiger partial charge in [0, 0.05) is 36.9 Å². The summed E-state index contributed by atoms with van der Waals surface area (Å²) in [5.41, 5.74) is 10.2. The lowest BCUT2D eigenvalue weighted by molar-refractivity contribution is 0.100. The van der Waals surface area contributed by atoms with Crippen LogP contribution in [0.3, 0.4) is 0 Å². The molecule has 2 aromatic carbocycles. The largest absolute Gasteiger partial charge is 0.366 e. The summed E-state index contributed by atoms with van der Waals surface area (Å²) in [7, 11) is 0. The first-order valence-electron chi connectivity index (χ1n) is 9.67. The Morgan fingerprint density at radius 3 is 2.73 bits per heavy atom. The molecule has 4 heteroatoms. The Morgan fingerprint density at radius 2 is 1.92 bits per heavy atom. The fourth-order valence-electron chi connectivity index (χ4n) is 4.51. The van der Waals surface area contributed by atoms with E-state index in [2.05, 4.69) is 34.5 Å². The van der Waals surface area contributed by atoms with Crippen molar-refractivity contribution >= 4 is 11.6 Å². The Labute approximate surface area is 155 Å². The van der Waals surface area contributed by atoms with Crippen molar-refractivity contribution in [2.45, 2.75) is 37.6 Å². The highest BCUT2D eigenvalue weighted by Gasteiger charge is 2.26. The van der Waals surface area contributed by atoms with Crippen molar-refractivity contribution in [3.05, 3.63) is 65.2 Å². The highest BCUT2D eigenvalue weighted by molar-refractivity contribution is 5.93. The van der Waals surface area contributed by atoms with Gasteiger partial charge in [-0.05, 0) is 67.0 Å². The molecule has 4 rings (SSSR count). The van der Waals surface area contributed by atoms with Gasteiger partial charge in [0.2, 0.25) is 5.91 Å². The SMILES string of the molecule is NC(=O)c1ccc(N2CCNCC2CCC2CCc3ccccc32)cc1. The molecular formula is C22H27N3O. The minimum Gasteiger partial charge on any atom is -0.366 e. The zero-order chi connectivity index (χ0) is 17.9. The molecule has 2 unspecified atom stereocenters. The summed E-state index contributed by atoms with van der Waals surface area (Å²) in [6.07, 6.45) is 4.93. The van der Waals surface area contributed by atoms with Gasteiger partial charge in [-0.3, -0.25) is 4.79 Å². The fourth-order valence-corrected chi connectivity index (χ4v) is 4.51. The molecule has 1 saturated heterocycles. The van der Waals surface area contributed by atoms with Gasteiger partial charge >= 0.3 is 0 Å². The van der Waals surface area contributed by atoms with Crippen LogP contribution >= 0.6 is 0 Å². The highest BCUT2D eigenvalue weighted by atomic mass is 16.1. The van der Waals surface area contributed by atoms with Crippen molar-refractivity contribution in [3.63, 3.8) is 0 Å². The quantitative estimate of drug-likeness (QED) is 0.872. The zero-order valence-corrected chi connectivity index (χ0v) is 15.2. The molecule has 3 N–H and O–H groups in total. The third kappa shape index (κ3) is 3.47. The topological polar surface area (TPSA) is 58.4 Å². The smallest absolute Gasteiger partial charge is 0.248 e. The van der Waals surface area contributed by atoms with Crippen LogP contribution in [0.4, 0.5) is 5.69 Å². The maximum atomic E-state index is 11.3. The molecule has 4 nitrogen and oxygen atoms in total. The number of primary amides is 1. The summed E-state index contributed by atoms with van der Waals surface area (Å²) < 4.78 is 0. The molecule has 26 heavy (non-hydrogen) atoms. The molecule has 2 aromatic rings.